The van der Waals surface area contributed by atoms with E-state index in [1.807, 2.05) is 0 Å². The highest BCUT2D eigenvalue weighted by atomic mass is 127. The second kappa shape index (κ2) is 12.1. The van der Waals surface area contributed by atoms with Crippen LogP contribution in [0.25, 0.3) is 0 Å². The summed E-state index contributed by atoms with van der Waals surface area (Å²) in [5, 5.41) is 9.07. The van der Waals surface area contributed by atoms with Crippen molar-refractivity contribution in [3.63, 3.8) is 0 Å². The largest absolute Gasteiger partial charge is 0.357 e. The zero-order valence-corrected chi connectivity index (χ0v) is 19.1. The van der Waals surface area contributed by atoms with Gasteiger partial charge in [-0.1, -0.05) is 13.0 Å². The minimum absolute atomic E-state index is 0. The Bertz CT molecular complexity index is 492. The second-order valence-electron chi connectivity index (χ2n) is 6.52. The molecule has 2 heterocycles. The Morgan fingerprint density at radius 2 is 2.20 bits per heavy atom. The summed E-state index contributed by atoms with van der Waals surface area (Å²) in [6.45, 7) is 9.38. The first-order valence-electron chi connectivity index (χ1n) is 9.11. The lowest BCUT2D eigenvalue weighted by Crippen LogP contribution is -2.45. The molecule has 0 aliphatic carbocycles. The van der Waals surface area contributed by atoms with Crippen molar-refractivity contribution < 1.29 is 0 Å². The summed E-state index contributed by atoms with van der Waals surface area (Å²) in [5.74, 6) is 0.934. The molecule has 1 saturated heterocycles. The van der Waals surface area contributed by atoms with Crippen molar-refractivity contribution in [1.29, 1.82) is 0 Å². The molecule has 25 heavy (non-hydrogen) atoms. The van der Waals surface area contributed by atoms with Gasteiger partial charge in [-0.05, 0) is 58.4 Å². The van der Waals surface area contributed by atoms with Crippen molar-refractivity contribution in [1.82, 2.24) is 20.4 Å². The van der Waals surface area contributed by atoms with E-state index in [0.717, 1.165) is 32.1 Å². The SMILES string of the molecule is CCNC(=NCC(c1cccs1)N(C)C)NCC1CCCN1CC.I. The first kappa shape index (κ1) is 22.7. The van der Waals surface area contributed by atoms with Crippen LogP contribution in [0.4, 0.5) is 0 Å². The second-order valence-corrected chi connectivity index (χ2v) is 7.50. The Hall–Kier alpha value is -0.380. The lowest BCUT2D eigenvalue weighted by molar-refractivity contribution is 0.266. The number of aliphatic imine (C=N–C) groups is 1. The van der Waals surface area contributed by atoms with E-state index in [-0.39, 0.29) is 24.0 Å². The highest BCUT2D eigenvalue weighted by molar-refractivity contribution is 14.0. The smallest absolute Gasteiger partial charge is 0.191 e. The molecule has 0 amide bonds. The molecular weight excluding hydrogens is 445 g/mol. The maximum Gasteiger partial charge on any atom is 0.191 e. The van der Waals surface area contributed by atoms with Crippen LogP contribution in [0.15, 0.2) is 22.5 Å². The molecule has 7 heteroatoms. The summed E-state index contributed by atoms with van der Waals surface area (Å²) in [5.41, 5.74) is 0. The molecule has 2 rings (SSSR count). The van der Waals surface area contributed by atoms with E-state index in [2.05, 4.69) is 65.9 Å². The van der Waals surface area contributed by atoms with Gasteiger partial charge in [0.1, 0.15) is 0 Å². The van der Waals surface area contributed by atoms with Gasteiger partial charge in [0, 0.05) is 24.0 Å². The first-order valence-corrected chi connectivity index (χ1v) is 9.99. The molecule has 1 fully saturated rings. The van der Waals surface area contributed by atoms with Gasteiger partial charge in [0.25, 0.3) is 0 Å². The summed E-state index contributed by atoms with van der Waals surface area (Å²) in [4.78, 5) is 11.0. The average molecular weight is 479 g/mol. The van der Waals surface area contributed by atoms with Gasteiger partial charge in [0.2, 0.25) is 0 Å². The highest BCUT2D eigenvalue weighted by Crippen LogP contribution is 2.23. The van der Waals surface area contributed by atoms with Crippen LogP contribution in [0.3, 0.4) is 0 Å². The van der Waals surface area contributed by atoms with E-state index in [1.54, 1.807) is 11.3 Å². The predicted molar refractivity (Wildman–Crippen MR) is 120 cm³/mol. The third kappa shape index (κ3) is 7.03. The van der Waals surface area contributed by atoms with E-state index >= 15 is 0 Å². The fourth-order valence-corrected chi connectivity index (χ4v) is 4.18. The quantitative estimate of drug-likeness (QED) is 0.342. The van der Waals surface area contributed by atoms with Gasteiger partial charge in [-0.25, -0.2) is 0 Å². The summed E-state index contributed by atoms with van der Waals surface area (Å²) < 4.78 is 0. The molecule has 0 radical (unpaired) electrons. The Morgan fingerprint density at radius 1 is 1.40 bits per heavy atom. The van der Waals surface area contributed by atoms with Crippen LogP contribution < -0.4 is 10.6 Å². The topological polar surface area (TPSA) is 42.9 Å². The zero-order valence-electron chi connectivity index (χ0n) is 16.0. The molecule has 2 N–H and O–H groups in total. The molecule has 2 atom stereocenters. The summed E-state index contributed by atoms with van der Waals surface area (Å²) >= 11 is 1.80. The van der Waals surface area contributed by atoms with Crippen molar-refractivity contribution in [2.75, 3.05) is 46.8 Å². The molecular formula is C18H34IN5S. The number of hydrogen-bond donors (Lipinski definition) is 2. The van der Waals surface area contributed by atoms with Crippen LogP contribution in [0.1, 0.15) is 37.6 Å². The summed E-state index contributed by atoms with van der Waals surface area (Å²) in [7, 11) is 4.25. The van der Waals surface area contributed by atoms with Gasteiger partial charge >= 0.3 is 0 Å². The van der Waals surface area contributed by atoms with Crippen molar-refractivity contribution >= 4 is 41.3 Å². The molecule has 0 spiro atoms. The van der Waals surface area contributed by atoms with Gasteiger partial charge in [-0.15, -0.1) is 35.3 Å². The molecule has 2 unspecified atom stereocenters. The molecule has 1 aromatic rings. The number of thiophene rings is 1. The molecule has 0 saturated carbocycles. The van der Waals surface area contributed by atoms with Crippen molar-refractivity contribution in [2.24, 2.45) is 4.99 Å². The van der Waals surface area contributed by atoms with Crippen LogP contribution in [0.2, 0.25) is 0 Å². The molecule has 1 aromatic heterocycles. The van der Waals surface area contributed by atoms with Gasteiger partial charge in [-0.2, -0.15) is 0 Å². The van der Waals surface area contributed by atoms with Crippen LogP contribution in [-0.2, 0) is 0 Å². The number of likely N-dealkylation sites (tertiary alicyclic amines) is 1. The van der Waals surface area contributed by atoms with Gasteiger partial charge in [0.05, 0.1) is 12.6 Å². The minimum Gasteiger partial charge on any atom is -0.357 e. The number of rotatable bonds is 8. The summed E-state index contributed by atoms with van der Waals surface area (Å²) in [6.07, 6.45) is 2.60. The van der Waals surface area contributed by atoms with Crippen LogP contribution in [0.5, 0.6) is 0 Å². The minimum atomic E-state index is 0. The first-order chi connectivity index (χ1) is 11.7. The third-order valence-electron chi connectivity index (χ3n) is 4.67. The Labute approximate surface area is 174 Å². The van der Waals surface area contributed by atoms with Gasteiger partial charge in [0.15, 0.2) is 5.96 Å². The normalized spacial score (nSPS) is 19.7. The Balaban J connectivity index is 0.00000312. The van der Waals surface area contributed by atoms with E-state index in [0.29, 0.717) is 12.1 Å². The lowest BCUT2D eigenvalue weighted by Gasteiger charge is -2.25. The van der Waals surface area contributed by atoms with E-state index < -0.39 is 0 Å². The van der Waals surface area contributed by atoms with E-state index in [4.69, 9.17) is 4.99 Å². The predicted octanol–water partition coefficient (Wildman–Crippen LogP) is 3.01. The third-order valence-corrected chi connectivity index (χ3v) is 5.65. The van der Waals surface area contributed by atoms with Crippen molar-refractivity contribution in [2.45, 2.75) is 38.8 Å². The molecule has 1 aliphatic rings. The molecule has 5 nitrogen and oxygen atoms in total. The number of hydrogen-bond acceptors (Lipinski definition) is 4. The van der Waals surface area contributed by atoms with Gasteiger partial charge < -0.3 is 15.5 Å². The van der Waals surface area contributed by atoms with Crippen molar-refractivity contribution in [3.05, 3.63) is 22.4 Å². The monoisotopic (exact) mass is 479 g/mol. The fourth-order valence-electron chi connectivity index (χ4n) is 3.27. The van der Waals surface area contributed by atoms with Crippen LogP contribution in [-0.4, -0.2) is 68.6 Å². The number of likely N-dealkylation sites (N-methyl/N-ethyl adjacent to an activating group) is 2. The fraction of sp³-hybridized carbons (Fsp3) is 0.722. The molecule has 0 aromatic carbocycles. The van der Waals surface area contributed by atoms with Crippen LogP contribution in [0, 0.1) is 0 Å². The maximum atomic E-state index is 4.84. The standard InChI is InChI=1S/C18H33N5S.HI/c1-5-19-18(20-13-15-9-7-11-23(15)6-2)21-14-16(22(3)4)17-10-8-12-24-17;/h8,10,12,15-16H,5-7,9,11,13-14H2,1-4H3,(H2,19,20,21);1H. The van der Waals surface area contributed by atoms with Crippen LogP contribution >= 0.6 is 35.3 Å². The maximum absolute atomic E-state index is 4.84. The lowest BCUT2D eigenvalue weighted by atomic mass is 10.2. The van der Waals surface area contributed by atoms with Gasteiger partial charge in [-0.3, -0.25) is 9.89 Å². The summed E-state index contributed by atoms with van der Waals surface area (Å²) in [6, 6.07) is 5.28. The Morgan fingerprint density at radius 3 is 2.80 bits per heavy atom. The van der Waals surface area contributed by atoms with Crippen molar-refractivity contribution in [3.8, 4) is 0 Å². The molecule has 144 valence electrons. The molecule has 1 aliphatic heterocycles. The Kier molecular flexibility index (Phi) is 11.0. The number of nitrogens with zero attached hydrogens (tertiary/aromatic N) is 3. The number of halogens is 1. The molecule has 0 bridgehead atoms. The average Bonchev–Trinajstić information content (AvgIpc) is 3.23. The van der Waals surface area contributed by atoms with E-state index in [1.165, 1.54) is 24.3 Å². The zero-order chi connectivity index (χ0) is 17.4. The highest BCUT2D eigenvalue weighted by Gasteiger charge is 2.23. The number of guanidine groups is 1. The van der Waals surface area contributed by atoms with E-state index in [9.17, 15) is 0 Å². The number of nitrogens with one attached hydrogen (secondary N) is 2.